The van der Waals surface area contributed by atoms with Crippen molar-refractivity contribution in [1.82, 2.24) is 0 Å². The second-order valence-electron chi connectivity index (χ2n) is 7.48. The molecule has 0 radical (unpaired) electrons. The maximum Gasteiger partial charge on any atom is 0.143 e. The molecule has 3 rings (SSSR count). The second-order valence-corrected chi connectivity index (χ2v) is 7.48. The van der Waals surface area contributed by atoms with E-state index in [0.717, 1.165) is 16.7 Å². The zero-order valence-corrected chi connectivity index (χ0v) is 17.2. The molecule has 2 N–H and O–H groups in total. The van der Waals surface area contributed by atoms with E-state index in [1.54, 1.807) is 6.08 Å². The van der Waals surface area contributed by atoms with Gasteiger partial charge in [-0.25, -0.2) is 0 Å². The van der Waals surface area contributed by atoms with Crippen LogP contribution in [0.1, 0.15) is 36.0 Å². The summed E-state index contributed by atoms with van der Waals surface area (Å²) in [6.07, 6.45) is 1.66. The van der Waals surface area contributed by atoms with Gasteiger partial charge in [-0.1, -0.05) is 97.1 Å². The molecule has 3 heteroatoms. The summed E-state index contributed by atoms with van der Waals surface area (Å²) in [5.41, 5.74) is 2.30. The van der Waals surface area contributed by atoms with Crippen LogP contribution in [-0.2, 0) is 10.3 Å². The number of rotatable bonds is 11. The van der Waals surface area contributed by atoms with Gasteiger partial charge in [-0.3, -0.25) is 0 Å². The fourth-order valence-corrected chi connectivity index (χ4v) is 3.84. The summed E-state index contributed by atoms with van der Waals surface area (Å²) in [5.74, 6) is 0. The van der Waals surface area contributed by atoms with Crippen molar-refractivity contribution in [3.8, 4) is 0 Å². The van der Waals surface area contributed by atoms with Gasteiger partial charge in [0.25, 0.3) is 0 Å². The van der Waals surface area contributed by atoms with Crippen LogP contribution in [0.25, 0.3) is 0 Å². The fraction of sp³-hybridized carbons (Fsp3) is 0.259. The first-order valence-corrected chi connectivity index (χ1v) is 10.4. The number of aliphatic hydroxyl groups is 2. The van der Waals surface area contributed by atoms with E-state index < -0.39 is 17.8 Å². The molecule has 0 aliphatic rings. The Morgan fingerprint density at radius 1 is 0.733 bits per heavy atom. The van der Waals surface area contributed by atoms with Gasteiger partial charge in [0.2, 0.25) is 0 Å². The summed E-state index contributed by atoms with van der Waals surface area (Å²) in [6.45, 7) is 3.98. The monoisotopic (exact) mass is 402 g/mol. The normalized spacial score (nSPS) is 13.5. The van der Waals surface area contributed by atoms with Gasteiger partial charge in [0.1, 0.15) is 5.60 Å². The minimum Gasteiger partial charge on any atom is -0.393 e. The van der Waals surface area contributed by atoms with Crippen LogP contribution in [-0.4, -0.2) is 29.0 Å². The third-order valence-electron chi connectivity index (χ3n) is 5.29. The topological polar surface area (TPSA) is 49.7 Å². The van der Waals surface area contributed by atoms with E-state index in [1.165, 1.54) is 0 Å². The summed E-state index contributed by atoms with van der Waals surface area (Å²) < 4.78 is 6.64. The van der Waals surface area contributed by atoms with E-state index in [-0.39, 0.29) is 0 Å². The Hall–Kier alpha value is -2.72. The highest BCUT2D eigenvalue weighted by molar-refractivity contribution is 5.47. The Balaban J connectivity index is 1.93. The van der Waals surface area contributed by atoms with Crippen molar-refractivity contribution in [3.05, 3.63) is 120 Å². The van der Waals surface area contributed by atoms with Crippen molar-refractivity contribution in [3.63, 3.8) is 0 Å². The maximum absolute atomic E-state index is 10.4. The van der Waals surface area contributed by atoms with Gasteiger partial charge in [0, 0.05) is 0 Å². The van der Waals surface area contributed by atoms with Gasteiger partial charge < -0.3 is 14.9 Å². The zero-order chi connectivity index (χ0) is 21.2. The SMILES string of the molecule is C=CC[C@H](O)C[C@H](O)CCOC(c1ccccc1)(c1ccccc1)c1ccccc1. The number of benzene rings is 3. The summed E-state index contributed by atoms with van der Waals surface area (Å²) in [5, 5.41) is 20.3. The molecule has 0 aliphatic carbocycles. The first-order valence-electron chi connectivity index (χ1n) is 10.4. The molecule has 0 saturated carbocycles. The van der Waals surface area contributed by atoms with Gasteiger partial charge >= 0.3 is 0 Å². The Labute approximate surface area is 179 Å². The van der Waals surface area contributed by atoms with Crippen LogP contribution in [0.2, 0.25) is 0 Å². The Kier molecular flexibility index (Phi) is 7.97. The van der Waals surface area contributed by atoms with Crippen LogP contribution < -0.4 is 0 Å². The predicted octanol–water partition coefficient (Wildman–Crippen LogP) is 5.07. The maximum atomic E-state index is 10.4. The van der Waals surface area contributed by atoms with E-state index in [1.807, 2.05) is 54.6 Å². The molecule has 0 aromatic heterocycles. The largest absolute Gasteiger partial charge is 0.393 e. The molecule has 30 heavy (non-hydrogen) atoms. The average molecular weight is 403 g/mol. The van der Waals surface area contributed by atoms with E-state index in [0.29, 0.717) is 25.9 Å². The highest BCUT2D eigenvalue weighted by atomic mass is 16.5. The van der Waals surface area contributed by atoms with Crippen LogP contribution in [0, 0.1) is 0 Å². The number of aliphatic hydroxyl groups excluding tert-OH is 2. The first kappa shape index (κ1) is 22.0. The van der Waals surface area contributed by atoms with Crippen LogP contribution in [0.4, 0.5) is 0 Å². The van der Waals surface area contributed by atoms with E-state index in [2.05, 4.69) is 43.0 Å². The first-order chi connectivity index (χ1) is 14.7. The molecule has 0 amide bonds. The molecule has 0 heterocycles. The fourth-order valence-electron chi connectivity index (χ4n) is 3.84. The molecule has 0 unspecified atom stereocenters. The van der Waals surface area contributed by atoms with Crippen molar-refractivity contribution in [2.24, 2.45) is 0 Å². The van der Waals surface area contributed by atoms with Gasteiger partial charge in [-0.05, 0) is 36.0 Å². The Morgan fingerprint density at radius 3 is 1.57 bits per heavy atom. The van der Waals surface area contributed by atoms with Crippen molar-refractivity contribution >= 4 is 0 Å². The molecule has 3 aromatic rings. The Bertz CT molecular complexity index is 781. The van der Waals surface area contributed by atoms with Crippen LogP contribution >= 0.6 is 0 Å². The standard InChI is InChI=1S/C27H30O3/c1-2-12-25(28)21-26(29)19-20-30-27(22-13-6-3-7-14-22,23-15-8-4-9-16-23)24-17-10-5-11-18-24/h2-11,13-18,25-26,28-29H,1,12,19-21H2/t25-,26+/m0/s1. The summed E-state index contributed by atoms with van der Waals surface area (Å²) in [7, 11) is 0. The Morgan fingerprint density at radius 2 is 1.17 bits per heavy atom. The zero-order valence-electron chi connectivity index (χ0n) is 17.2. The van der Waals surface area contributed by atoms with Gasteiger partial charge in [-0.15, -0.1) is 6.58 Å². The lowest BCUT2D eigenvalue weighted by atomic mass is 9.80. The molecule has 3 nitrogen and oxygen atoms in total. The van der Waals surface area contributed by atoms with E-state index in [4.69, 9.17) is 4.74 Å². The van der Waals surface area contributed by atoms with Crippen LogP contribution in [0.15, 0.2) is 104 Å². The van der Waals surface area contributed by atoms with Gasteiger partial charge in [0.15, 0.2) is 0 Å². The quantitative estimate of drug-likeness (QED) is 0.348. The average Bonchev–Trinajstić information content (AvgIpc) is 2.79. The third-order valence-corrected chi connectivity index (χ3v) is 5.29. The molecular formula is C27H30O3. The van der Waals surface area contributed by atoms with Crippen LogP contribution in [0.5, 0.6) is 0 Å². The molecule has 3 aromatic carbocycles. The highest BCUT2D eigenvalue weighted by Gasteiger charge is 2.37. The van der Waals surface area contributed by atoms with Gasteiger partial charge in [-0.2, -0.15) is 0 Å². The van der Waals surface area contributed by atoms with Crippen LogP contribution in [0.3, 0.4) is 0 Å². The van der Waals surface area contributed by atoms with E-state index >= 15 is 0 Å². The lowest BCUT2D eigenvalue weighted by molar-refractivity contribution is -0.0127. The second kappa shape index (κ2) is 10.9. The summed E-state index contributed by atoms with van der Waals surface area (Å²) >= 11 is 0. The lowest BCUT2D eigenvalue weighted by Gasteiger charge is -2.36. The minimum absolute atomic E-state index is 0.310. The molecule has 0 bridgehead atoms. The third kappa shape index (κ3) is 5.25. The summed E-state index contributed by atoms with van der Waals surface area (Å²) in [6, 6.07) is 30.5. The summed E-state index contributed by atoms with van der Waals surface area (Å²) in [4.78, 5) is 0. The number of hydrogen-bond donors (Lipinski definition) is 2. The molecule has 156 valence electrons. The smallest absolute Gasteiger partial charge is 0.143 e. The molecule has 0 saturated heterocycles. The van der Waals surface area contributed by atoms with Crippen molar-refractivity contribution in [1.29, 1.82) is 0 Å². The molecule has 2 atom stereocenters. The minimum atomic E-state index is -0.788. The van der Waals surface area contributed by atoms with Crippen molar-refractivity contribution in [2.45, 2.75) is 37.1 Å². The van der Waals surface area contributed by atoms with E-state index in [9.17, 15) is 10.2 Å². The van der Waals surface area contributed by atoms with Crippen molar-refractivity contribution in [2.75, 3.05) is 6.61 Å². The highest BCUT2D eigenvalue weighted by Crippen LogP contribution is 2.40. The van der Waals surface area contributed by atoms with Gasteiger partial charge in [0.05, 0.1) is 18.8 Å². The number of hydrogen-bond acceptors (Lipinski definition) is 3. The molecule has 0 spiro atoms. The molecule has 0 fully saturated rings. The lowest BCUT2D eigenvalue weighted by Crippen LogP contribution is -2.34. The van der Waals surface area contributed by atoms with Crippen molar-refractivity contribution < 1.29 is 14.9 Å². The molecule has 0 aliphatic heterocycles. The number of ether oxygens (including phenoxy) is 1. The predicted molar refractivity (Wildman–Crippen MR) is 121 cm³/mol. The molecular weight excluding hydrogens is 372 g/mol.